The zero-order chi connectivity index (χ0) is 12.0. The van der Waals surface area contributed by atoms with E-state index in [1.807, 2.05) is 6.07 Å². The zero-order valence-electron chi connectivity index (χ0n) is 8.93. The summed E-state index contributed by atoms with van der Waals surface area (Å²) in [5.74, 6) is 0.886. The Bertz CT molecular complexity index is 459. The Balaban J connectivity index is 3.32. The van der Waals surface area contributed by atoms with Crippen LogP contribution in [0.25, 0.3) is 0 Å². The van der Waals surface area contributed by atoms with E-state index in [2.05, 4.69) is 4.99 Å². The minimum Gasteiger partial charge on any atom is -0.493 e. The van der Waals surface area contributed by atoms with Crippen LogP contribution in [-0.2, 0) is 4.79 Å². The maximum Gasteiger partial charge on any atom is 0.236 e. The fourth-order valence-electron chi connectivity index (χ4n) is 1.35. The molecule has 0 saturated carbocycles. The Labute approximate surface area is 92.9 Å². The van der Waals surface area contributed by atoms with Crippen LogP contribution in [0.15, 0.2) is 23.2 Å². The lowest BCUT2D eigenvalue weighted by atomic mass is 10.1. The summed E-state index contributed by atoms with van der Waals surface area (Å²) in [5, 5.41) is 8.88. The van der Waals surface area contributed by atoms with E-state index >= 15 is 0 Å². The number of rotatable bonds is 4. The maximum absolute atomic E-state index is 10.2. The molecule has 0 fully saturated rings. The van der Waals surface area contributed by atoms with Gasteiger partial charge in [0.2, 0.25) is 6.08 Å². The molecule has 5 heteroatoms. The molecular formula is C11H10N2O3. The molecule has 0 N–H and O–H groups in total. The normalized spacial score (nSPS) is 10.8. The van der Waals surface area contributed by atoms with Crippen molar-refractivity contribution in [3.8, 4) is 17.6 Å². The Kier molecular flexibility index (Phi) is 4.07. The van der Waals surface area contributed by atoms with E-state index in [-0.39, 0.29) is 0 Å². The van der Waals surface area contributed by atoms with E-state index in [1.165, 1.54) is 20.3 Å². The highest BCUT2D eigenvalue weighted by Crippen LogP contribution is 2.35. The molecule has 1 atom stereocenters. The van der Waals surface area contributed by atoms with Gasteiger partial charge in [0.25, 0.3) is 0 Å². The van der Waals surface area contributed by atoms with E-state index in [4.69, 9.17) is 14.7 Å². The zero-order valence-corrected chi connectivity index (χ0v) is 8.93. The first-order chi connectivity index (χ1) is 7.78. The fraction of sp³-hybridized carbons (Fsp3) is 0.273. The summed E-state index contributed by atoms with van der Waals surface area (Å²) in [4.78, 5) is 13.6. The number of hydrogen-bond acceptors (Lipinski definition) is 5. The van der Waals surface area contributed by atoms with Gasteiger partial charge in [0.1, 0.15) is 0 Å². The molecule has 0 amide bonds. The van der Waals surface area contributed by atoms with Crippen molar-refractivity contribution in [2.75, 3.05) is 14.2 Å². The van der Waals surface area contributed by atoms with Gasteiger partial charge in [0.05, 0.1) is 20.3 Å². The Morgan fingerprint density at radius 2 is 2.12 bits per heavy atom. The van der Waals surface area contributed by atoms with Gasteiger partial charge in [-0.05, 0) is 6.07 Å². The summed E-state index contributed by atoms with van der Waals surface area (Å²) < 4.78 is 10.2. The molecule has 0 aliphatic carbocycles. The molecule has 16 heavy (non-hydrogen) atoms. The molecule has 1 aromatic carbocycles. The van der Waals surface area contributed by atoms with Crippen molar-refractivity contribution in [2.45, 2.75) is 6.04 Å². The summed E-state index contributed by atoms with van der Waals surface area (Å²) in [6, 6.07) is 5.99. The van der Waals surface area contributed by atoms with Gasteiger partial charge in [-0.15, -0.1) is 0 Å². The third-order valence-corrected chi connectivity index (χ3v) is 2.03. The predicted molar refractivity (Wildman–Crippen MR) is 56.0 cm³/mol. The fourth-order valence-corrected chi connectivity index (χ4v) is 1.35. The van der Waals surface area contributed by atoms with Gasteiger partial charge in [-0.25, -0.2) is 4.79 Å². The first kappa shape index (κ1) is 11.8. The van der Waals surface area contributed by atoms with Gasteiger partial charge in [-0.1, -0.05) is 12.1 Å². The minimum absolute atomic E-state index is 0.399. The number of aliphatic imine (C=N–C) groups is 1. The number of nitrogens with zero attached hydrogens (tertiary/aromatic N) is 2. The Morgan fingerprint density at radius 1 is 1.38 bits per heavy atom. The topological polar surface area (TPSA) is 71.7 Å². The van der Waals surface area contributed by atoms with Gasteiger partial charge < -0.3 is 9.47 Å². The number of isocyanates is 1. The van der Waals surface area contributed by atoms with Crippen molar-refractivity contribution in [1.82, 2.24) is 0 Å². The van der Waals surface area contributed by atoms with Crippen molar-refractivity contribution in [1.29, 1.82) is 5.26 Å². The van der Waals surface area contributed by atoms with E-state index in [9.17, 15) is 4.79 Å². The summed E-state index contributed by atoms with van der Waals surface area (Å²) in [6.07, 6.45) is 1.36. The van der Waals surface area contributed by atoms with Crippen molar-refractivity contribution >= 4 is 6.08 Å². The molecule has 1 aromatic rings. The van der Waals surface area contributed by atoms with E-state index < -0.39 is 6.04 Å². The molecule has 0 heterocycles. The number of nitriles is 1. The standard InChI is InChI=1S/C11H10N2O3/c1-15-10-5-3-4-8(11(10)16-2)9(6-12)13-7-14/h3-5,9H,1-2H3. The Morgan fingerprint density at radius 3 is 2.62 bits per heavy atom. The van der Waals surface area contributed by atoms with E-state index in [0.29, 0.717) is 17.1 Å². The third-order valence-electron chi connectivity index (χ3n) is 2.03. The van der Waals surface area contributed by atoms with Crippen molar-refractivity contribution in [2.24, 2.45) is 4.99 Å². The predicted octanol–water partition coefficient (Wildman–Crippen LogP) is 1.60. The first-order valence-electron chi connectivity index (χ1n) is 4.46. The lowest BCUT2D eigenvalue weighted by molar-refractivity contribution is 0.351. The number of benzene rings is 1. The van der Waals surface area contributed by atoms with Crippen LogP contribution < -0.4 is 9.47 Å². The molecule has 1 unspecified atom stereocenters. The molecule has 0 aromatic heterocycles. The highest BCUT2D eigenvalue weighted by Gasteiger charge is 2.17. The van der Waals surface area contributed by atoms with Crippen LogP contribution in [0.4, 0.5) is 0 Å². The second-order valence-corrected chi connectivity index (χ2v) is 2.83. The lowest BCUT2D eigenvalue weighted by Crippen LogP contribution is -1.99. The number of para-hydroxylation sites is 1. The van der Waals surface area contributed by atoms with Crippen LogP contribution in [0.3, 0.4) is 0 Å². The lowest BCUT2D eigenvalue weighted by Gasteiger charge is -2.12. The van der Waals surface area contributed by atoms with Crippen LogP contribution in [-0.4, -0.2) is 20.3 Å². The average molecular weight is 218 g/mol. The average Bonchev–Trinajstić information content (AvgIpc) is 2.34. The summed E-state index contributed by atoms with van der Waals surface area (Å²) >= 11 is 0. The van der Waals surface area contributed by atoms with Gasteiger partial charge in [0, 0.05) is 5.56 Å². The van der Waals surface area contributed by atoms with Gasteiger partial charge >= 0.3 is 0 Å². The third kappa shape index (κ3) is 2.19. The number of methoxy groups -OCH3 is 2. The second kappa shape index (κ2) is 5.54. The van der Waals surface area contributed by atoms with Crippen LogP contribution in [0.5, 0.6) is 11.5 Å². The first-order valence-corrected chi connectivity index (χ1v) is 4.46. The summed E-state index contributed by atoms with van der Waals surface area (Å²) in [5.41, 5.74) is 0.479. The molecule has 0 radical (unpaired) electrons. The van der Waals surface area contributed by atoms with E-state index in [0.717, 1.165) is 0 Å². The largest absolute Gasteiger partial charge is 0.493 e. The number of hydrogen-bond donors (Lipinski definition) is 0. The van der Waals surface area contributed by atoms with Gasteiger partial charge in [-0.2, -0.15) is 10.3 Å². The number of carbonyl (C=O) groups excluding carboxylic acids is 1. The molecule has 0 saturated heterocycles. The highest BCUT2D eigenvalue weighted by molar-refractivity contribution is 5.50. The molecule has 5 nitrogen and oxygen atoms in total. The molecule has 0 spiro atoms. The quantitative estimate of drug-likeness (QED) is 0.568. The monoisotopic (exact) mass is 218 g/mol. The maximum atomic E-state index is 10.2. The summed E-state index contributed by atoms with van der Waals surface area (Å²) in [7, 11) is 2.95. The van der Waals surface area contributed by atoms with Crippen LogP contribution in [0, 0.1) is 11.3 Å². The molecule has 1 rings (SSSR count). The highest BCUT2D eigenvalue weighted by atomic mass is 16.5. The second-order valence-electron chi connectivity index (χ2n) is 2.83. The number of ether oxygens (including phenoxy) is 2. The van der Waals surface area contributed by atoms with Gasteiger partial charge in [-0.3, -0.25) is 0 Å². The molecule has 82 valence electrons. The van der Waals surface area contributed by atoms with Crippen molar-refractivity contribution in [3.63, 3.8) is 0 Å². The van der Waals surface area contributed by atoms with Crippen molar-refractivity contribution in [3.05, 3.63) is 23.8 Å². The van der Waals surface area contributed by atoms with E-state index in [1.54, 1.807) is 18.2 Å². The SMILES string of the molecule is COc1cccc(C(C#N)N=C=O)c1OC. The van der Waals surface area contributed by atoms with Crippen molar-refractivity contribution < 1.29 is 14.3 Å². The summed E-state index contributed by atoms with van der Waals surface area (Å²) in [6.45, 7) is 0. The van der Waals surface area contributed by atoms with Crippen LogP contribution >= 0.6 is 0 Å². The molecule has 0 aliphatic rings. The molecular weight excluding hydrogens is 208 g/mol. The smallest absolute Gasteiger partial charge is 0.236 e. The van der Waals surface area contributed by atoms with Gasteiger partial charge in [0.15, 0.2) is 17.5 Å². The van der Waals surface area contributed by atoms with Crippen LogP contribution in [0.1, 0.15) is 11.6 Å². The molecule has 0 bridgehead atoms. The molecule has 0 aliphatic heterocycles. The van der Waals surface area contributed by atoms with Crippen LogP contribution in [0.2, 0.25) is 0 Å². The minimum atomic E-state index is -0.928. The Hall–Kier alpha value is -2.31.